The zero-order valence-corrected chi connectivity index (χ0v) is 11.3. The number of hydrogen-bond donors (Lipinski definition) is 1. The van der Waals surface area contributed by atoms with Crippen molar-refractivity contribution >= 4 is 11.8 Å². The lowest BCUT2D eigenvalue weighted by Gasteiger charge is -2.42. The van der Waals surface area contributed by atoms with Crippen molar-refractivity contribution in [2.24, 2.45) is 11.7 Å². The Bertz CT molecular complexity index is 380. The first-order valence-electron chi connectivity index (χ1n) is 6.38. The first kappa shape index (κ1) is 13.8. The van der Waals surface area contributed by atoms with Gasteiger partial charge in [0.05, 0.1) is 5.75 Å². The van der Waals surface area contributed by atoms with Crippen molar-refractivity contribution in [3.05, 3.63) is 29.8 Å². The summed E-state index contributed by atoms with van der Waals surface area (Å²) in [6.45, 7) is 2.17. The van der Waals surface area contributed by atoms with Gasteiger partial charge >= 0.3 is 0 Å². The lowest BCUT2D eigenvalue weighted by atomic mass is 9.65. The highest BCUT2D eigenvalue weighted by molar-refractivity contribution is 7.99. The summed E-state index contributed by atoms with van der Waals surface area (Å²) in [5.41, 5.74) is 7.28. The lowest BCUT2D eigenvalue weighted by molar-refractivity contribution is 0.177. The molecule has 0 saturated heterocycles. The van der Waals surface area contributed by atoms with Gasteiger partial charge in [0.2, 0.25) is 6.43 Å². The minimum atomic E-state index is -2.25. The van der Waals surface area contributed by atoms with Crippen molar-refractivity contribution in [3.63, 3.8) is 0 Å². The normalized spacial score (nSPS) is 27.3. The Labute approximate surface area is 111 Å². The highest BCUT2D eigenvalue weighted by atomic mass is 32.2. The molecule has 1 nitrogen and oxygen atoms in total. The minimum absolute atomic E-state index is 0.134. The van der Waals surface area contributed by atoms with E-state index in [9.17, 15) is 8.78 Å². The molecule has 1 aliphatic carbocycles. The van der Waals surface area contributed by atoms with Crippen LogP contribution in [0.25, 0.3) is 0 Å². The topological polar surface area (TPSA) is 26.0 Å². The summed E-state index contributed by atoms with van der Waals surface area (Å²) in [6.07, 6.45) is -0.0979. The molecule has 0 bridgehead atoms. The summed E-state index contributed by atoms with van der Waals surface area (Å²) in [5.74, 6) is 0.995. The molecule has 3 unspecified atom stereocenters. The highest BCUT2D eigenvalue weighted by Gasteiger charge is 2.37. The average Bonchev–Trinajstić information content (AvgIpc) is 2.34. The molecule has 1 aromatic carbocycles. The summed E-state index contributed by atoms with van der Waals surface area (Å²) in [5, 5.41) is 0. The van der Waals surface area contributed by atoms with Gasteiger partial charge in [-0.15, -0.1) is 11.8 Å². The van der Waals surface area contributed by atoms with Gasteiger partial charge in [-0.1, -0.05) is 25.5 Å². The van der Waals surface area contributed by atoms with E-state index in [1.54, 1.807) is 0 Å². The maximum absolute atomic E-state index is 12.1. The molecule has 0 spiro atoms. The van der Waals surface area contributed by atoms with Gasteiger partial charge in [0.25, 0.3) is 0 Å². The molecule has 2 N–H and O–H groups in total. The van der Waals surface area contributed by atoms with Gasteiger partial charge in [0, 0.05) is 10.9 Å². The SMILES string of the molecule is CCC1C(N)CC1c1ccc(SCC(F)F)cc1. The van der Waals surface area contributed by atoms with Crippen molar-refractivity contribution in [1.29, 1.82) is 0 Å². The van der Waals surface area contributed by atoms with E-state index in [0.717, 1.165) is 17.7 Å². The molecular weight excluding hydrogens is 252 g/mol. The molecule has 1 aliphatic rings. The molecule has 1 saturated carbocycles. The van der Waals surface area contributed by atoms with E-state index in [2.05, 4.69) is 19.1 Å². The molecule has 4 heteroatoms. The van der Waals surface area contributed by atoms with Crippen molar-refractivity contribution in [3.8, 4) is 0 Å². The standard InChI is InChI=1S/C14H19F2NS/c1-2-11-12(7-13(11)17)9-3-5-10(6-4-9)18-8-14(15)16/h3-6,11-14H,2,7-8,17H2,1H3. The van der Waals surface area contributed by atoms with Gasteiger partial charge in [-0.05, 0) is 36.0 Å². The van der Waals surface area contributed by atoms with E-state index in [-0.39, 0.29) is 5.75 Å². The molecule has 3 atom stereocenters. The average molecular weight is 271 g/mol. The summed E-state index contributed by atoms with van der Waals surface area (Å²) >= 11 is 1.21. The number of nitrogens with two attached hydrogens (primary N) is 1. The van der Waals surface area contributed by atoms with Gasteiger partial charge in [0.15, 0.2) is 0 Å². The lowest BCUT2D eigenvalue weighted by Crippen LogP contribution is -2.45. The van der Waals surface area contributed by atoms with Crippen LogP contribution in [-0.4, -0.2) is 18.2 Å². The molecule has 0 heterocycles. The molecule has 100 valence electrons. The predicted octanol–water partition coefficient (Wildman–Crippen LogP) is 3.88. The molecular formula is C14H19F2NS. The van der Waals surface area contributed by atoms with E-state index in [1.807, 2.05) is 12.1 Å². The van der Waals surface area contributed by atoms with Gasteiger partial charge in [-0.2, -0.15) is 0 Å². The Hall–Kier alpha value is -0.610. The number of benzene rings is 1. The fourth-order valence-electron chi connectivity index (χ4n) is 2.69. The Morgan fingerprint density at radius 3 is 2.50 bits per heavy atom. The monoisotopic (exact) mass is 271 g/mol. The van der Waals surface area contributed by atoms with Gasteiger partial charge in [-0.25, -0.2) is 8.78 Å². The smallest absolute Gasteiger partial charge is 0.247 e. The van der Waals surface area contributed by atoms with Gasteiger partial charge < -0.3 is 5.73 Å². The van der Waals surface area contributed by atoms with E-state index < -0.39 is 6.43 Å². The third kappa shape index (κ3) is 3.04. The Morgan fingerprint density at radius 2 is 2.00 bits per heavy atom. The van der Waals surface area contributed by atoms with Gasteiger partial charge in [-0.3, -0.25) is 0 Å². The second-order valence-electron chi connectivity index (χ2n) is 4.85. The molecule has 0 radical (unpaired) electrons. The molecule has 18 heavy (non-hydrogen) atoms. The third-order valence-electron chi connectivity index (χ3n) is 3.75. The van der Waals surface area contributed by atoms with Crippen LogP contribution in [-0.2, 0) is 0 Å². The quantitative estimate of drug-likeness (QED) is 0.822. The molecule has 0 aliphatic heterocycles. The summed E-state index contributed by atoms with van der Waals surface area (Å²) < 4.78 is 24.2. The Morgan fingerprint density at radius 1 is 1.33 bits per heavy atom. The van der Waals surface area contributed by atoms with E-state index in [4.69, 9.17) is 5.73 Å². The fraction of sp³-hybridized carbons (Fsp3) is 0.571. The first-order chi connectivity index (χ1) is 8.61. The minimum Gasteiger partial charge on any atom is -0.327 e. The maximum Gasteiger partial charge on any atom is 0.247 e. The van der Waals surface area contributed by atoms with E-state index in [1.165, 1.54) is 17.3 Å². The van der Waals surface area contributed by atoms with Crippen molar-refractivity contribution in [2.75, 3.05) is 5.75 Å². The summed E-state index contributed by atoms with van der Waals surface area (Å²) in [7, 11) is 0. The van der Waals surface area contributed by atoms with Gasteiger partial charge in [0.1, 0.15) is 0 Å². The molecule has 0 amide bonds. The fourth-order valence-corrected chi connectivity index (χ4v) is 3.33. The van der Waals surface area contributed by atoms with Crippen molar-refractivity contribution < 1.29 is 8.78 Å². The van der Waals surface area contributed by atoms with Crippen molar-refractivity contribution in [2.45, 2.75) is 43.0 Å². The molecule has 1 aromatic rings. The number of rotatable bonds is 5. The molecule has 1 fully saturated rings. The number of thioether (sulfide) groups is 1. The van der Waals surface area contributed by atoms with Crippen LogP contribution in [0.5, 0.6) is 0 Å². The van der Waals surface area contributed by atoms with E-state index in [0.29, 0.717) is 17.9 Å². The number of alkyl halides is 2. The van der Waals surface area contributed by atoms with E-state index >= 15 is 0 Å². The summed E-state index contributed by atoms with van der Waals surface area (Å²) in [4.78, 5) is 0.913. The zero-order chi connectivity index (χ0) is 13.1. The Balaban J connectivity index is 1.95. The Kier molecular flexibility index (Phi) is 4.62. The highest BCUT2D eigenvalue weighted by Crippen LogP contribution is 2.43. The largest absolute Gasteiger partial charge is 0.327 e. The van der Waals surface area contributed by atoms with Crippen LogP contribution in [0.2, 0.25) is 0 Å². The number of hydrogen-bond acceptors (Lipinski definition) is 2. The van der Waals surface area contributed by atoms with Crippen LogP contribution in [0.4, 0.5) is 8.78 Å². The summed E-state index contributed by atoms with van der Waals surface area (Å²) in [6, 6.07) is 8.34. The third-order valence-corrected chi connectivity index (χ3v) is 4.77. The van der Waals surface area contributed by atoms with Crippen LogP contribution in [0.3, 0.4) is 0 Å². The van der Waals surface area contributed by atoms with Crippen LogP contribution >= 0.6 is 11.8 Å². The predicted molar refractivity (Wildman–Crippen MR) is 72.3 cm³/mol. The first-order valence-corrected chi connectivity index (χ1v) is 7.36. The molecule has 0 aromatic heterocycles. The van der Waals surface area contributed by atoms with Crippen LogP contribution in [0.1, 0.15) is 31.2 Å². The van der Waals surface area contributed by atoms with Crippen molar-refractivity contribution in [1.82, 2.24) is 0 Å². The molecule has 2 rings (SSSR count). The van der Waals surface area contributed by atoms with Crippen LogP contribution in [0, 0.1) is 5.92 Å². The zero-order valence-electron chi connectivity index (χ0n) is 10.5. The second-order valence-corrected chi connectivity index (χ2v) is 5.94. The van der Waals surface area contributed by atoms with Crippen LogP contribution < -0.4 is 5.73 Å². The number of halogens is 2. The maximum atomic E-state index is 12.1. The second kappa shape index (κ2) is 6.02. The van der Waals surface area contributed by atoms with Crippen LogP contribution in [0.15, 0.2) is 29.2 Å².